The fourth-order valence-corrected chi connectivity index (χ4v) is 4.16. The Bertz CT molecular complexity index is 558. The molecule has 0 bridgehead atoms. The van der Waals surface area contributed by atoms with Crippen LogP contribution in [0.4, 0.5) is 0 Å². The molecule has 2 N–H and O–H groups in total. The van der Waals surface area contributed by atoms with E-state index in [-0.39, 0.29) is 16.7 Å². The van der Waals surface area contributed by atoms with E-state index in [0.717, 1.165) is 43.8 Å². The van der Waals surface area contributed by atoms with Crippen molar-refractivity contribution in [3.8, 4) is 0 Å². The maximum atomic E-state index is 12.9. The third kappa shape index (κ3) is 3.46. The molecule has 0 atom stereocenters. The van der Waals surface area contributed by atoms with Gasteiger partial charge in [0, 0.05) is 24.1 Å². The second-order valence-corrected chi connectivity index (χ2v) is 7.72. The number of hydrogen-bond donors (Lipinski definition) is 2. The molecule has 1 heterocycles. The average Bonchev–Trinajstić information content (AvgIpc) is 2.56. The third-order valence-corrected chi connectivity index (χ3v) is 6.07. The summed E-state index contributed by atoms with van der Waals surface area (Å²) in [5.74, 6) is 0.145. The quantitative estimate of drug-likeness (QED) is 0.829. The minimum absolute atomic E-state index is 0.0709. The van der Waals surface area contributed by atoms with Gasteiger partial charge in [0.15, 0.2) is 0 Å². The van der Waals surface area contributed by atoms with Crippen molar-refractivity contribution in [2.45, 2.75) is 37.5 Å². The van der Waals surface area contributed by atoms with Gasteiger partial charge in [-0.2, -0.15) is 0 Å². The number of amides is 1. The van der Waals surface area contributed by atoms with Crippen LogP contribution < -0.4 is 10.6 Å². The van der Waals surface area contributed by atoms with Gasteiger partial charge in [0.05, 0.1) is 12.0 Å². The predicted octanol–water partition coefficient (Wildman–Crippen LogP) is 2.89. The van der Waals surface area contributed by atoms with Crippen LogP contribution in [0.25, 0.3) is 0 Å². The average molecular weight is 351 g/mol. The molecular formula is C19H27ClN2O2. The maximum absolute atomic E-state index is 12.9. The summed E-state index contributed by atoms with van der Waals surface area (Å²) in [5, 5.41) is 7.34. The summed E-state index contributed by atoms with van der Waals surface area (Å²) in [6.45, 7) is 2.94. The van der Waals surface area contributed by atoms with E-state index in [2.05, 4.69) is 22.8 Å². The maximum Gasteiger partial charge on any atom is 0.228 e. The Balaban J connectivity index is 1.68. The number of piperidine rings is 1. The van der Waals surface area contributed by atoms with Crippen LogP contribution in [0, 0.1) is 5.41 Å². The molecule has 0 aromatic heterocycles. The van der Waals surface area contributed by atoms with Gasteiger partial charge in [-0.25, -0.2) is 0 Å². The molecule has 1 aromatic rings. The number of carbonyl (C=O) groups is 1. The monoisotopic (exact) mass is 350 g/mol. The van der Waals surface area contributed by atoms with E-state index in [0.29, 0.717) is 13.2 Å². The highest BCUT2D eigenvalue weighted by Crippen LogP contribution is 2.43. The summed E-state index contributed by atoms with van der Waals surface area (Å²) in [6.07, 6.45) is 5.12. The Kier molecular flexibility index (Phi) is 5.48. The largest absolute Gasteiger partial charge is 0.384 e. The predicted molar refractivity (Wildman–Crippen MR) is 96.4 cm³/mol. The molecule has 4 nitrogen and oxygen atoms in total. The lowest BCUT2D eigenvalue weighted by molar-refractivity contribution is -0.136. The van der Waals surface area contributed by atoms with Crippen molar-refractivity contribution in [1.29, 1.82) is 0 Å². The fourth-order valence-electron chi connectivity index (χ4n) is 4.03. The number of halogens is 1. The normalized spacial score (nSPS) is 21.8. The fraction of sp³-hybridized carbons (Fsp3) is 0.632. The molecule has 24 heavy (non-hydrogen) atoms. The van der Waals surface area contributed by atoms with Crippen LogP contribution in [0.2, 0.25) is 5.02 Å². The van der Waals surface area contributed by atoms with Crippen molar-refractivity contribution in [1.82, 2.24) is 10.6 Å². The zero-order valence-electron chi connectivity index (χ0n) is 14.4. The molecule has 1 saturated heterocycles. The standard InChI is InChI=1S/C19H27ClN2O2/c1-24-14-19(9-11-21-12-10-19)17(23)22-13-18(7-2-8-18)15-3-5-16(20)6-4-15/h3-6,21H,2,7-14H2,1H3,(H,22,23). The first kappa shape index (κ1) is 17.7. The lowest BCUT2D eigenvalue weighted by Crippen LogP contribution is -2.53. The second kappa shape index (κ2) is 7.42. The molecule has 2 aliphatic rings. The molecule has 0 unspecified atom stereocenters. The van der Waals surface area contributed by atoms with Crippen molar-refractivity contribution in [3.63, 3.8) is 0 Å². The van der Waals surface area contributed by atoms with E-state index in [4.69, 9.17) is 16.3 Å². The van der Waals surface area contributed by atoms with Gasteiger partial charge in [0.25, 0.3) is 0 Å². The summed E-state index contributed by atoms with van der Waals surface area (Å²) in [6, 6.07) is 8.09. The number of hydrogen-bond acceptors (Lipinski definition) is 3. The molecule has 2 fully saturated rings. The lowest BCUT2D eigenvalue weighted by atomic mass is 9.64. The van der Waals surface area contributed by atoms with Gasteiger partial charge in [-0.1, -0.05) is 30.2 Å². The third-order valence-electron chi connectivity index (χ3n) is 5.82. The highest BCUT2D eigenvalue weighted by molar-refractivity contribution is 6.30. The molecule has 0 radical (unpaired) electrons. The Morgan fingerprint density at radius 2 is 1.88 bits per heavy atom. The highest BCUT2D eigenvalue weighted by atomic mass is 35.5. The van der Waals surface area contributed by atoms with Crippen LogP contribution in [-0.2, 0) is 14.9 Å². The molecule has 1 aromatic carbocycles. The summed E-state index contributed by atoms with van der Waals surface area (Å²) in [4.78, 5) is 12.9. The second-order valence-electron chi connectivity index (χ2n) is 7.29. The van der Waals surface area contributed by atoms with Gasteiger partial charge in [-0.15, -0.1) is 0 Å². The Labute approximate surface area is 149 Å². The van der Waals surface area contributed by atoms with Crippen molar-refractivity contribution in [2.24, 2.45) is 5.41 Å². The van der Waals surface area contributed by atoms with Gasteiger partial charge in [0.2, 0.25) is 5.91 Å². The Hall–Kier alpha value is -1.10. The van der Waals surface area contributed by atoms with Crippen molar-refractivity contribution in [2.75, 3.05) is 33.4 Å². The summed E-state index contributed by atoms with van der Waals surface area (Å²) in [7, 11) is 1.68. The van der Waals surface area contributed by atoms with Gasteiger partial charge in [-0.3, -0.25) is 4.79 Å². The Morgan fingerprint density at radius 3 is 2.42 bits per heavy atom. The first-order chi connectivity index (χ1) is 11.6. The lowest BCUT2D eigenvalue weighted by Gasteiger charge is -2.44. The van der Waals surface area contributed by atoms with Crippen LogP contribution >= 0.6 is 11.6 Å². The van der Waals surface area contributed by atoms with Crippen LogP contribution in [0.15, 0.2) is 24.3 Å². The summed E-state index contributed by atoms with van der Waals surface area (Å²) in [5.41, 5.74) is 0.969. The Morgan fingerprint density at radius 1 is 1.21 bits per heavy atom. The SMILES string of the molecule is COCC1(C(=O)NCC2(c3ccc(Cl)cc3)CCC2)CCNCC1. The molecule has 1 amide bonds. The molecule has 3 rings (SSSR count). The molecule has 132 valence electrons. The number of methoxy groups -OCH3 is 1. The minimum atomic E-state index is -0.384. The number of benzene rings is 1. The van der Waals surface area contributed by atoms with E-state index in [1.165, 1.54) is 12.0 Å². The van der Waals surface area contributed by atoms with Gasteiger partial charge >= 0.3 is 0 Å². The van der Waals surface area contributed by atoms with Crippen molar-refractivity contribution >= 4 is 17.5 Å². The van der Waals surface area contributed by atoms with E-state index < -0.39 is 0 Å². The molecular weight excluding hydrogens is 324 g/mol. The summed E-state index contributed by atoms with van der Waals surface area (Å²) < 4.78 is 5.37. The molecule has 0 spiro atoms. The zero-order chi connectivity index (χ0) is 17.0. The van der Waals surface area contributed by atoms with Crippen LogP contribution in [0.3, 0.4) is 0 Å². The molecule has 5 heteroatoms. The van der Waals surface area contributed by atoms with E-state index >= 15 is 0 Å². The first-order valence-electron chi connectivity index (χ1n) is 8.84. The van der Waals surface area contributed by atoms with Crippen LogP contribution in [0.1, 0.15) is 37.7 Å². The zero-order valence-corrected chi connectivity index (χ0v) is 15.1. The van der Waals surface area contributed by atoms with Gasteiger partial charge in [0.1, 0.15) is 0 Å². The van der Waals surface area contributed by atoms with Crippen molar-refractivity contribution in [3.05, 3.63) is 34.9 Å². The van der Waals surface area contributed by atoms with Gasteiger partial charge in [-0.05, 0) is 56.5 Å². The van der Waals surface area contributed by atoms with E-state index in [1.54, 1.807) is 7.11 Å². The summed E-state index contributed by atoms with van der Waals surface area (Å²) >= 11 is 6.02. The first-order valence-corrected chi connectivity index (χ1v) is 9.22. The highest BCUT2D eigenvalue weighted by Gasteiger charge is 2.43. The minimum Gasteiger partial charge on any atom is -0.384 e. The number of ether oxygens (including phenoxy) is 1. The van der Waals surface area contributed by atoms with E-state index in [9.17, 15) is 4.79 Å². The number of carbonyl (C=O) groups excluding carboxylic acids is 1. The smallest absolute Gasteiger partial charge is 0.228 e. The number of nitrogens with one attached hydrogen (secondary N) is 2. The molecule has 1 aliphatic carbocycles. The van der Waals surface area contributed by atoms with Crippen molar-refractivity contribution < 1.29 is 9.53 Å². The van der Waals surface area contributed by atoms with Gasteiger partial charge < -0.3 is 15.4 Å². The van der Waals surface area contributed by atoms with Crippen LogP contribution in [0.5, 0.6) is 0 Å². The topological polar surface area (TPSA) is 50.4 Å². The molecule has 1 aliphatic heterocycles. The number of rotatable bonds is 6. The van der Waals surface area contributed by atoms with E-state index in [1.807, 2.05) is 12.1 Å². The molecule has 1 saturated carbocycles. The van der Waals surface area contributed by atoms with Crippen LogP contribution in [-0.4, -0.2) is 39.3 Å².